The Bertz CT molecular complexity index is 678. The number of ether oxygens (including phenoxy) is 1. The van der Waals surface area contributed by atoms with Crippen molar-refractivity contribution in [3.05, 3.63) is 65.5 Å². The minimum atomic E-state index is -0.552. The number of amides is 1. The third-order valence-corrected chi connectivity index (χ3v) is 4.44. The highest BCUT2D eigenvalue weighted by molar-refractivity contribution is 7.98. The van der Waals surface area contributed by atoms with Gasteiger partial charge >= 0.3 is 0 Å². The molecule has 0 saturated carbocycles. The molecule has 0 spiro atoms. The quantitative estimate of drug-likeness (QED) is 0.735. The zero-order valence-corrected chi connectivity index (χ0v) is 14.7. The minimum absolute atomic E-state index is 0.150. The van der Waals surface area contributed by atoms with Crippen LogP contribution >= 0.6 is 11.8 Å². The van der Waals surface area contributed by atoms with Gasteiger partial charge in [-0.2, -0.15) is 11.8 Å². The summed E-state index contributed by atoms with van der Waals surface area (Å²) < 4.78 is 19.1. The largest absolute Gasteiger partial charge is 0.481 e. The Balaban J connectivity index is 1.66. The van der Waals surface area contributed by atoms with Gasteiger partial charge in [0.1, 0.15) is 11.6 Å². The molecule has 3 nitrogen and oxygen atoms in total. The Hall–Kier alpha value is -2.01. The van der Waals surface area contributed by atoms with Gasteiger partial charge in [-0.05, 0) is 43.2 Å². The number of carbonyl (C=O) groups excluding carboxylic acids is 1. The lowest BCUT2D eigenvalue weighted by Crippen LogP contribution is -2.37. The fourth-order valence-corrected chi connectivity index (χ4v) is 2.98. The molecule has 128 valence electrons. The first-order valence-corrected chi connectivity index (χ1v) is 9.04. The molecule has 0 radical (unpaired) electrons. The standard InChI is InChI=1S/C19H22FNO2S/c1-14-6-5-8-17(12-14)23-15(2)19(22)21-10-11-24-13-16-7-3-4-9-18(16)20/h3-9,12,15H,10-11,13H2,1-2H3,(H,21,22)/t15-/m0/s1. The van der Waals surface area contributed by atoms with Crippen LogP contribution in [0.3, 0.4) is 0 Å². The van der Waals surface area contributed by atoms with Crippen molar-refractivity contribution in [3.8, 4) is 5.75 Å². The molecule has 0 saturated heterocycles. The molecule has 24 heavy (non-hydrogen) atoms. The molecule has 0 unspecified atom stereocenters. The topological polar surface area (TPSA) is 38.3 Å². The van der Waals surface area contributed by atoms with E-state index in [4.69, 9.17) is 4.74 Å². The van der Waals surface area contributed by atoms with Crippen LogP contribution in [0, 0.1) is 12.7 Å². The second-order valence-electron chi connectivity index (χ2n) is 5.51. The Morgan fingerprint density at radius 3 is 2.79 bits per heavy atom. The molecule has 0 aromatic heterocycles. The van der Waals surface area contributed by atoms with Crippen LogP contribution in [0.5, 0.6) is 5.75 Å². The first-order valence-electron chi connectivity index (χ1n) is 7.88. The molecule has 0 fully saturated rings. The highest BCUT2D eigenvalue weighted by Crippen LogP contribution is 2.15. The highest BCUT2D eigenvalue weighted by Gasteiger charge is 2.14. The first-order chi connectivity index (χ1) is 11.6. The molecule has 0 aliphatic rings. The lowest BCUT2D eigenvalue weighted by atomic mass is 10.2. The van der Waals surface area contributed by atoms with Gasteiger partial charge in [0.05, 0.1) is 0 Å². The monoisotopic (exact) mass is 347 g/mol. The van der Waals surface area contributed by atoms with Crippen molar-refractivity contribution < 1.29 is 13.9 Å². The van der Waals surface area contributed by atoms with Gasteiger partial charge in [0.2, 0.25) is 0 Å². The molecule has 1 N–H and O–H groups in total. The summed E-state index contributed by atoms with van der Waals surface area (Å²) in [6.45, 7) is 4.23. The number of hydrogen-bond acceptors (Lipinski definition) is 3. The summed E-state index contributed by atoms with van der Waals surface area (Å²) >= 11 is 1.58. The fourth-order valence-electron chi connectivity index (χ4n) is 2.13. The van der Waals surface area contributed by atoms with E-state index >= 15 is 0 Å². The average molecular weight is 347 g/mol. The highest BCUT2D eigenvalue weighted by atomic mass is 32.2. The van der Waals surface area contributed by atoms with E-state index in [-0.39, 0.29) is 11.7 Å². The summed E-state index contributed by atoms with van der Waals surface area (Å²) in [5, 5.41) is 2.84. The summed E-state index contributed by atoms with van der Waals surface area (Å²) in [7, 11) is 0. The minimum Gasteiger partial charge on any atom is -0.481 e. The maximum Gasteiger partial charge on any atom is 0.260 e. The summed E-state index contributed by atoms with van der Waals surface area (Å²) in [6, 6.07) is 14.3. The number of thioether (sulfide) groups is 1. The molecule has 2 aromatic rings. The SMILES string of the molecule is Cc1cccc(O[C@@H](C)C(=O)NCCSCc2ccccc2F)c1. The van der Waals surface area contributed by atoms with Crippen molar-refractivity contribution in [3.63, 3.8) is 0 Å². The van der Waals surface area contributed by atoms with Gasteiger partial charge in [-0.15, -0.1) is 0 Å². The van der Waals surface area contributed by atoms with E-state index in [9.17, 15) is 9.18 Å². The molecule has 2 aromatic carbocycles. The predicted molar refractivity (Wildman–Crippen MR) is 96.8 cm³/mol. The zero-order chi connectivity index (χ0) is 17.4. The lowest BCUT2D eigenvalue weighted by molar-refractivity contribution is -0.127. The van der Waals surface area contributed by atoms with Gasteiger partial charge in [0.25, 0.3) is 5.91 Å². The second kappa shape index (κ2) is 9.33. The molecule has 0 aliphatic carbocycles. The van der Waals surface area contributed by atoms with Crippen LogP contribution < -0.4 is 10.1 Å². The first kappa shape index (κ1) is 18.3. The van der Waals surface area contributed by atoms with Crippen molar-refractivity contribution in [2.45, 2.75) is 25.7 Å². The van der Waals surface area contributed by atoms with Crippen LogP contribution in [0.4, 0.5) is 4.39 Å². The van der Waals surface area contributed by atoms with Crippen molar-refractivity contribution in [2.75, 3.05) is 12.3 Å². The zero-order valence-electron chi connectivity index (χ0n) is 13.9. The molecule has 0 bridgehead atoms. The van der Waals surface area contributed by atoms with Gasteiger partial charge in [0, 0.05) is 18.1 Å². The predicted octanol–water partition coefficient (Wildman–Crippen LogP) is 3.95. The van der Waals surface area contributed by atoms with Crippen molar-refractivity contribution in [1.82, 2.24) is 5.32 Å². The number of hydrogen-bond donors (Lipinski definition) is 1. The van der Waals surface area contributed by atoms with Crippen LogP contribution in [-0.2, 0) is 10.5 Å². The van der Waals surface area contributed by atoms with Gasteiger partial charge in [-0.3, -0.25) is 4.79 Å². The number of halogens is 1. The molecule has 5 heteroatoms. The van der Waals surface area contributed by atoms with Crippen LogP contribution in [0.25, 0.3) is 0 Å². The average Bonchev–Trinajstić information content (AvgIpc) is 2.56. The maximum atomic E-state index is 13.5. The Morgan fingerprint density at radius 1 is 1.25 bits per heavy atom. The summed E-state index contributed by atoms with van der Waals surface area (Å²) in [5.41, 5.74) is 1.77. The molecule has 2 rings (SSSR count). The smallest absolute Gasteiger partial charge is 0.260 e. The van der Waals surface area contributed by atoms with E-state index in [1.165, 1.54) is 6.07 Å². The number of rotatable bonds is 8. The van der Waals surface area contributed by atoms with Crippen LogP contribution in [-0.4, -0.2) is 24.3 Å². The van der Waals surface area contributed by atoms with Crippen molar-refractivity contribution >= 4 is 17.7 Å². The number of carbonyl (C=O) groups is 1. The fraction of sp³-hybridized carbons (Fsp3) is 0.316. The van der Waals surface area contributed by atoms with E-state index in [2.05, 4.69) is 5.32 Å². The third-order valence-electron chi connectivity index (χ3n) is 3.43. The van der Waals surface area contributed by atoms with Gasteiger partial charge in [-0.25, -0.2) is 4.39 Å². The molecule has 0 aliphatic heterocycles. The molecule has 1 amide bonds. The van der Waals surface area contributed by atoms with E-state index < -0.39 is 6.10 Å². The Labute approximate surface area is 146 Å². The van der Waals surface area contributed by atoms with Crippen LogP contribution in [0.1, 0.15) is 18.1 Å². The van der Waals surface area contributed by atoms with Gasteiger partial charge < -0.3 is 10.1 Å². The van der Waals surface area contributed by atoms with Crippen LogP contribution in [0.15, 0.2) is 48.5 Å². The lowest BCUT2D eigenvalue weighted by Gasteiger charge is -2.15. The number of benzene rings is 2. The van der Waals surface area contributed by atoms with Gasteiger partial charge in [0.15, 0.2) is 6.10 Å². The second-order valence-corrected chi connectivity index (χ2v) is 6.62. The van der Waals surface area contributed by atoms with Gasteiger partial charge in [-0.1, -0.05) is 30.3 Å². The molecular formula is C19H22FNO2S. The Kier molecular flexibility index (Phi) is 7.12. The Morgan fingerprint density at radius 2 is 2.04 bits per heavy atom. The van der Waals surface area contributed by atoms with Crippen molar-refractivity contribution in [1.29, 1.82) is 0 Å². The van der Waals surface area contributed by atoms with Crippen LogP contribution in [0.2, 0.25) is 0 Å². The molecule has 0 heterocycles. The normalized spacial score (nSPS) is 11.8. The maximum absolute atomic E-state index is 13.5. The molecular weight excluding hydrogens is 325 g/mol. The van der Waals surface area contributed by atoms with Crippen molar-refractivity contribution in [2.24, 2.45) is 0 Å². The third kappa shape index (κ3) is 5.89. The summed E-state index contributed by atoms with van der Waals surface area (Å²) in [5.74, 6) is 1.67. The summed E-state index contributed by atoms with van der Waals surface area (Å²) in [6.07, 6.45) is -0.552. The number of aryl methyl sites for hydroxylation is 1. The molecule has 1 atom stereocenters. The van der Waals surface area contributed by atoms with E-state index in [1.807, 2.05) is 37.3 Å². The summed E-state index contributed by atoms with van der Waals surface area (Å²) in [4.78, 5) is 12.0. The van der Waals surface area contributed by atoms with E-state index in [1.54, 1.807) is 30.8 Å². The number of nitrogens with one attached hydrogen (secondary N) is 1. The van der Waals surface area contributed by atoms with E-state index in [0.29, 0.717) is 23.6 Å². The van der Waals surface area contributed by atoms with E-state index in [0.717, 1.165) is 11.3 Å².